The van der Waals surface area contributed by atoms with Gasteiger partial charge in [-0.3, -0.25) is 0 Å². The van der Waals surface area contributed by atoms with Crippen LogP contribution in [-0.2, 0) is 0 Å². The van der Waals surface area contributed by atoms with Gasteiger partial charge in [0.05, 0.1) is 11.4 Å². The number of hydrogen-bond donors (Lipinski definition) is 0. The summed E-state index contributed by atoms with van der Waals surface area (Å²) in [5.41, 5.74) is 24.0. The van der Waals surface area contributed by atoms with Crippen LogP contribution in [0.1, 0.15) is 0 Å². The summed E-state index contributed by atoms with van der Waals surface area (Å²) in [5.74, 6) is 0. The maximum absolute atomic E-state index is 5.74. The van der Waals surface area contributed by atoms with Gasteiger partial charge in [0.1, 0.15) is 0 Å². The lowest BCUT2D eigenvalue weighted by Gasteiger charge is -2.22. The van der Waals surface area contributed by atoms with Crippen molar-refractivity contribution in [2.45, 2.75) is 0 Å². The molecule has 1 heteroatoms. The second-order valence-corrected chi connectivity index (χ2v) is 16.5. The first kappa shape index (κ1) is 34.7. The molecule has 0 atom stereocenters. The summed E-state index contributed by atoms with van der Waals surface area (Å²) in [6, 6.07) is 82.1. The molecule has 11 aromatic rings. The third-order valence-corrected chi connectivity index (χ3v) is 13.1. The molecular weight excluding hydrogens is 747 g/mol. The van der Waals surface area contributed by atoms with Gasteiger partial charge in [0.15, 0.2) is 0 Å². The molecule has 13 rings (SSSR count). The maximum atomic E-state index is 5.74. The van der Waals surface area contributed by atoms with Gasteiger partial charge in [-0.1, -0.05) is 218 Å². The van der Waals surface area contributed by atoms with Crippen LogP contribution in [0.4, 0.5) is 0 Å². The Kier molecular flexibility index (Phi) is 7.67. The van der Waals surface area contributed by atoms with E-state index in [1.54, 1.807) is 0 Å². The lowest BCUT2D eigenvalue weighted by molar-refractivity contribution is 1.33. The largest absolute Gasteiger partial charge is 0.246 e. The van der Waals surface area contributed by atoms with Crippen LogP contribution >= 0.6 is 0 Å². The average molecular weight is 784 g/mol. The highest BCUT2D eigenvalue weighted by Gasteiger charge is 2.33. The molecule has 1 heterocycles. The van der Waals surface area contributed by atoms with Crippen molar-refractivity contribution in [2.75, 3.05) is 0 Å². The summed E-state index contributed by atoms with van der Waals surface area (Å²) >= 11 is 0. The Morgan fingerprint density at radius 3 is 1.10 bits per heavy atom. The molecular formula is C61H37N. The molecule has 10 aromatic carbocycles. The second kappa shape index (κ2) is 13.7. The third kappa shape index (κ3) is 5.12. The number of fused-ring (bicyclic) bond motifs is 6. The van der Waals surface area contributed by atoms with E-state index in [2.05, 4.69) is 224 Å². The monoisotopic (exact) mass is 783 g/mol. The summed E-state index contributed by atoms with van der Waals surface area (Å²) in [4.78, 5) is 5.74. The molecule has 1 aromatic heterocycles. The molecule has 0 radical (unpaired) electrons. The van der Waals surface area contributed by atoms with Crippen molar-refractivity contribution in [3.05, 3.63) is 224 Å². The van der Waals surface area contributed by atoms with Crippen molar-refractivity contribution in [3.63, 3.8) is 0 Å². The highest BCUT2D eigenvalue weighted by Crippen LogP contribution is 2.58. The molecule has 0 unspecified atom stereocenters. The number of rotatable bonds is 6. The molecule has 0 aliphatic heterocycles. The fraction of sp³-hybridized carbons (Fsp3) is 0. The van der Waals surface area contributed by atoms with E-state index in [1.807, 2.05) is 0 Å². The summed E-state index contributed by atoms with van der Waals surface area (Å²) in [6.45, 7) is 0. The van der Waals surface area contributed by atoms with Crippen molar-refractivity contribution < 1.29 is 0 Å². The molecule has 286 valence electrons. The summed E-state index contributed by atoms with van der Waals surface area (Å²) < 4.78 is 0. The second-order valence-electron chi connectivity index (χ2n) is 16.5. The zero-order chi connectivity index (χ0) is 40.7. The fourth-order valence-corrected chi connectivity index (χ4v) is 10.5. The van der Waals surface area contributed by atoms with Gasteiger partial charge in [0.25, 0.3) is 0 Å². The van der Waals surface area contributed by atoms with Crippen LogP contribution in [0.3, 0.4) is 0 Å². The minimum atomic E-state index is 0.981. The van der Waals surface area contributed by atoms with Crippen molar-refractivity contribution in [2.24, 2.45) is 0 Å². The molecule has 0 amide bonds. The highest BCUT2D eigenvalue weighted by atomic mass is 14.7. The van der Waals surface area contributed by atoms with Gasteiger partial charge in [-0.25, -0.2) is 4.98 Å². The van der Waals surface area contributed by atoms with E-state index in [0.717, 1.165) is 33.6 Å². The number of pyridine rings is 1. The van der Waals surface area contributed by atoms with Gasteiger partial charge in [-0.15, -0.1) is 0 Å². The molecule has 0 saturated heterocycles. The van der Waals surface area contributed by atoms with Gasteiger partial charge in [0, 0.05) is 27.8 Å². The molecule has 2 aliphatic carbocycles. The smallest absolute Gasteiger partial charge is 0.0794 e. The van der Waals surface area contributed by atoms with Gasteiger partial charge in [-0.05, 0) is 99.9 Å². The standard InChI is InChI=1S/C61H37N/c1-5-17-38(18-6-1)51-37-50(54(42-19-7-2-8-20-42)57-47-30-14-26-40-25-13-29-46(52(40)47)56(51)57)39-33-35-45(36-34-39)60-55(43-21-9-3-10-22-43)58-48-31-15-27-41-28-16-32-49(53(41)48)59(58)61(62-60)44-23-11-4-12-24-44/h1-37H. The lowest BCUT2D eigenvalue weighted by atomic mass is 9.82. The van der Waals surface area contributed by atoms with E-state index >= 15 is 0 Å². The van der Waals surface area contributed by atoms with Crippen molar-refractivity contribution in [1.82, 2.24) is 4.98 Å². The fourth-order valence-electron chi connectivity index (χ4n) is 10.5. The quantitative estimate of drug-likeness (QED) is 0.164. The van der Waals surface area contributed by atoms with Gasteiger partial charge >= 0.3 is 0 Å². The number of hydrogen-bond acceptors (Lipinski definition) is 1. The van der Waals surface area contributed by atoms with Crippen LogP contribution in [-0.4, -0.2) is 4.98 Å². The van der Waals surface area contributed by atoms with E-state index in [-0.39, 0.29) is 0 Å². The van der Waals surface area contributed by atoms with Crippen LogP contribution in [0, 0.1) is 0 Å². The Labute approximate surface area is 360 Å². The first-order valence-corrected chi connectivity index (χ1v) is 21.5. The minimum absolute atomic E-state index is 0.981. The molecule has 0 spiro atoms. The van der Waals surface area contributed by atoms with E-state index in [1.165, 1.54) is 99.4 Å². The third-order valence-electron chi connectivity index (χ3n) is 13.1. The Hall–Kier alpha value is -8.13. The molecule has 0 saturated carbocycles. The first-order chi connectivity index (χ1) is 30.8. The average Bonchev–Trinajstić information content (AvgIpc) is 3.87. The topological polar surface area (TPSA) is 12.9 Å². The number of aromatic nitrogens is 1. The number of benzene rings is 10. The molecule has 1 nitrogen and oxygen atoms in total. The van der Waals surface area contributed by atoms with Gasteiger partial charge < -0.3 is 0 Å². The zero-order valence-electron chi connectivity index (χ0n) is 33.8. The SMILES string of the molecule is c1ccc(-c2cc(-c3ccc(-c4nc(-c5ccccc5)c5c(c4-c4ccccc4)-c4cccc6cccc-5c46)cc3)c(-c3ccccc3)c3c2-c2cccc4cccc-3c24)cc1. The van der Waals surface area contributed by atoms with E-state index in [9.17, 15) is 0 Å². The Morgan fingerprint density at radius 1 is 0.210 bits per heavy atom. The van der Waals surface area contributed by atoms with Gasteiger partial charge in [-0.2, -0.15) is 0 Å². The van der Waals surface area contributed by atoms with Crippen molar-refractivity contribution >= 4 is 21.5 Å². The zero-order valence-corrected chi connectivity index (χ0v) is 33.8. The molecule has 0 bridgehead atoms. The van der Waals surface area contributed by atoms with Crippen LogP contribution in [0.5, 0.6) is 0 Å². The first-order valence-electron chi connectivity index (χ1n) is 21.5. The Bertz CT molecular complexity index is 3320. The lowest BCUT2D eigenvalue weighted by Crippen LogP contribution is -1.99. The molecule has 2 aliphatic rings. The van der Waals surface area contributed by atoms with Gasteiger partial charge in [0.2, 0.25) is 0 Å². The van der Waals surface area contributed by atoms with E-state index in [4.69, 9.17) is 4.98 Å². The van der Waals surface area contributed by atoms with Crippen LogP contribution in [0.15, 0.2) is 224 Å². The van der Waals surface area contributed by atoms with Crippen molar-refractivity contribution in [3.8, 4) is 112 Å². The van der Waals surface area contributed by atoms with E-state index < -0.39 is 0 Å². The molecule has 0 N–H and O–H groups in total. The van der Waals surface area contributed by atoms with Crippen LogP contribution in [0.2, 0.25) is 0 Å². The van der Waals surface area contributed by atoms with Crippen molar-refractivity contribution in [1.29, 1.82) is 0 Å². The van der Waals surface area contributed by atoms with Crippen LogP contribution in [0.25, 0.3) is 133 Å². The predicted molar refractivity (Wildman–Crippen MR) is 261 cm³/mol. The summed E-state index contributed by atoms with van der Waals surface area (Å²) in [5, 5.41) is 5.14. The van der Waals surface area contributed by atoms with E-state index in [0.29, 0.717) is 0 Å². The summed E-state index contributed by atoms with van der Waals surface area (Å²) in [7, 11) is 0. The Morgan fingerprint density at radius 2 is 0.565 bits per heavy atom. The summed E-state index contributed by atoms with van der Waals surface area (Å²) in [6.07, 6.45) is 0. The highest BCUT2D eigenvalue weighted by molar-refractivity contribution is 6.24. The Balaban J connectivity index is 1.08. The number of nitrogens with zero attached hydrogens (tertiary/aromatic N) is 1. The minimum Gasteiger partial charge on any atom is -0.246 e. The molecule has 0 fully saturated rings. The molecule has 62 heavy (non-hydrogen) atoms. The normalized spacial score (nSPS) is 11.9. The maximum Gasteiger partial charge on any atom is 0.0794 e. The predicted octanol–water partition coefficient (Wildman–Crippen LogP) is 16.7. The van der Waals surface area contributed by atoms with Crippen LogP contribution < -0.4 is 0 Å².